The van der Waals surface area contributed by atoms with Crippen LogP contribution in [0.4, 0.5) is 17.1 Å². The van der Waals surface area contributed by atoms with Crippen LogP contribution in [0.5, 0.6) is 5.75 Å². The summed E-state index contributed by atoms with van der Waals surface area (Å²) in [5.41, 5.74) is 20.1. The van der Waals surface area contributed by atoms with Crippen LogP contribution in [0.3, 0.4) is 0 Å². The topological polar surface area (TPSA) is 139 Å². The lowest BCUT2D eigenvalue weighted by Crippen LogP contribution is -2.26. The maximum atomic E-state index is 9.91. The monoisotopic (exact) mass is 526 g/mol. The molecule has 2 fully saturated rings. The maximum absolute atomic E-state index is 9.91. The molecule has 2 aliphatic heterocycles. The molecule has 39 heavy (non-hydrogen) atoms. The second kappa shape index (κ2) is 10.5. The Morgan fingerprint density at radius 2 is 2.13 bits per heavy atom. The van der Waals surface area contributed by atoms with E-state index in [4.69, 9.17) is 26.3 Å². The van der Waals surface area contributed by atoms with Gasteiger partial charge in [0.2, 0.25) is 0 Å². The van der Waals surface area contributed by atoms with Crippen LogP contribution in [-0.2, 0) is 11.2 Å². The molecule has 2 atom stereocenters. The van der Waals surface area contributed by atoms with Gasteiger partial charge in [0.1, 0.15) is 11.6 Å². The second-order valence-corrected chi connectivity index (χ2v) is 10.2. The number of aliphatic imine (C=N–C) groups is 1. The first-order chi connectivity index (χ1) is 19.0. The van der Waals surface area contributed by atoms with Gasteiger partial charge < -0.3 is 31.5 Å². The molecule has 0 radical (unpaired) electrons. The molecule has 0 saturated carbocycles. The van der Waals surface area contributed by atoms with Crippen LogP contribution < -0.4 is 21.7 Å². The van der Waals surface area contributed by atoms with Gasteiger partial charge in [-0.15, -0.1) is 0 Å². The number of aromatic nitrogens is 3. The summed E-state index contributed by atoms with van der Waals surface area (Å²) in [6, 6.07) is 9.64. The van der Waals surface area contributed by atoms with Crippen molar-refractivity contribution in [2.45, 2.75) is 38.3 Å². The number of ether oxygens (including phenoxy) is 1. The third-order valence-corrected chi connectivity index (χ3v) is 7.55. The fourth-order valence-corrected chi connectivity index (χ4v) is 5.45. The summed E-state index contributed by atoms with van der Waals surface area (Å²) in [6.45, 7) is 5.11. The van der Waals surface area contributed by atoms with E-state index in [1.54, 1.807) is 24.4 Å². The minimum atomic E-state index is 0.154. The lowest BCUT2D eigenvalue weighted by Gasteiger charge is -2.20. The van der Waals surface area contributed by atoms with Gasteiger partial charge in [-0.25, -0.2) is 9.51 Å². The first-order valence-electron chi connectivity index (χ1n) is 13.5. The number of nitrogens with zero attached hydrogens (tertiary/aromatic N) is 5. The van der Waals surface area contributed by atoms with E-state index in [2.05, 4.69) is 27.3 Å². The number of nitrogens with two attached hydrogens (primary N) is 2. The summed E-state index contributed by atoms with van der Waals surface area (Å²) in [5, 5.41) is 18.3. The van der Waals surface area contributed by atoms with Gasteiger partial charge in [-0.05, 0) is 55.2 Å². The van der Waals surface area contributed by atoms with Gasteiger partial charge in [-0.3, -0.25) is 4.98 Å². The van der Waals surface area contributed by atoms with Crippen molar-refractivity contribution in [2.24, 2.45) is 16.5 Å². The van der Waals surface area contributed by atoms with Gasteiger partial charge in [-0.2, -0.15) is 5.10 Å². The predicted molar refractivity (Wildman–Crippen MR) is 154 cm³/mol. The van der Waals surface area contributed by atoms with Gasteiger partial charge in [0, 0.05) is 61.1 Å². The number of aromatic hydroxyl groups is 1. The minimum absolute atomic E-state index is 0.154. The van der Waals surface area contributed by atoms with Crippen LogP contribution in [0.25, 0.3) is 16.6 Å². The minimum Gasteiger partial charge on any atom is -0.508 e. The number of phenols is 1. The number of pyridine rings is 1. The molecule has 0 bridgehead atoms. The van der Waals surface area contributed by atoms with Gasteiger partial charge in [0.15, 0.2) is 0 Å². The van der Waals surface area contributed by atoms with Gasteiger partial charge in [-0.1, -0.05) is 6.92 Å². The molecule has 3 aromatic heterocycles. The Hall–Kier alpha value is -4.15. The second-order valence-electron chi connectivity index (χ2n) is 10.2. The molecule has 0 spiro atoms. The van der Waals surface area contributed by atoms with Crippen molar-refractivity contribution in [3.8, 4) is 16.9 Å². The van der Waals surface area contributed by atoms with Gasteiger partial charge in [0.05, 0.1) is 41.3 Å². The Bertz CT molecular complexity index is 1530. The van der Waals surface area contributed by atoms with Crippen LogP contribution >= 0.6 is 0 Å². The molecule has 202 valence electrons. The zero-order valence-electron chi connectivity index (χ0n) is 22.0. The molecule has 2 saturated heterocycles. The fraction of sp³-hybridized carbons (Fsp3) is 0.345. The van der Waals surface area contributed by atoms with Crippen molar-refractivity contribution in [3.63, 3.8) is 0 Å². The van der Waals surface area contributed by atoms with Crippen LogP contribution in [-0.4, -0.2) is 63.9 Å². The van der Waals surface area contributed by atoms with E-state index in [1.807, 2.05) is 30.0 Å². The molecule has 6 rings (SSSR count). The highest BCUT2D eigenvalue weighted by molar-refractivity contribution is 6.06. The number of rotatable bonds is 7. The Balaban J connectivity index is 1.45. The number of hydrogen-bond donors (Lipinski definition) is 4. The summed E-state index contributed by atoms with van der Waals surface area (Å²) in [7, 11) is 0. The van der Waals surface area contributed by atoms with E-state index in [0.29, 0.717) is 24.6 Å². The summed E-state index contributed by atoms with van der Waals surface area (Å²) in [6.07, 6.45) is 10.1. The SMILES string of the molecule is CCc1cc(O)ccc1/N=C(\N)c1cnn2cc(-c3cnccc3N3CC[C@H](N)C3)cc2c1N[C@H]1CCOC1. The number of aryl methyl sites for hydroxylation is 1. The van der Waals surface area contributed by atoms with Crippen molar-refractivity contribution in [1.29, 1.82) is 0 Å². The van der Waals surface area contributed by atoms with Crippen molar-refractivity contribution in [3.05, 3.63) is 66.2 Å². The number of amidine groups is 1. The third kappa shape index (κ3) is 5.00. The molecule has 0 aliphatic carbocycles. The number of hydrogen-bond acceptors (Lipinski definition) is 8. The van der Waals surface area contributed by atoms with Crippen molar-refractivity contribution in [1.82, 2.24) is 14.6 Å². The van der Waals surface area contributed by atoms with Crippen LogP contribution in [0.1, 0.15) is 30.9 Å². The molecular weight excluding hydrogens is 492 g/mol. The summed E-state index contributed by atoms with van der Waals surface area (Å²) in [4.78, 5) is 11.5. The Labute approximate surface area is 227 Å². The molecular formula is C29H34N8O2. The highest BCUT2D eigenvalue weighted by Gasteiger charge is 2.24. The highest BCUT2D eigenvalue weighted by Crippen LogP contribution is 2.36. The zero-order valence-corrected chi connectivity index (χ0v) is 22.0. The average Bonchev–Trinajstić information content (AvgIpc) is 3.71. The zero-order chi connectivity index (χ0) is 26.9. The van der Waals surface area contributed by atoms with Crippen molar-refractivity contribution < 1.29 is 9.84 Å². The molecule has 10 heteroatoms. The first-order valence-corrected chi connectivity index (χ1v) is 13.5. The molecule has 10 nitrogen and oxygen atoms in total. The number of benzene rings is 1. The smallest absolute Gasteiger partial charge is 0.135 e. The molecule has 2 aliphatic rings. The van der Waals surface area contributed by atoms with Gasteiger partial charge in [0.25, 0.3) is 0 Å². The first kappa shape index (κ1) is 25.1. The molecule has 0 unspecified atom stereocenters. The van der Waals surface area contributed by atoms with E-state index in [1.165, 1.54) is 0 Å². The van der Waals surface area contributed by atoms with Crippen LogP contribution in [0.2, 0.25) is 0 Å². The van der Waals surface area contributed by atoms with Gasteiger partial charge >= 0.3 is 0 Å². The summed E-state index contributed by atoms with van der Waals surface area (Å²) in [5.74, 6) is 0.560. The molecule has 4 aromatic rings. The summed E-state index contributed by atoms with van der Waals surface area (Å²) < 4.78 is 7.51. The lowest BCUT2D eigenvalue weighted by molar-refractivity contribution is 0.195. The van der Waals surface area contributed by atoms with E-state index >= 15 is 0 Å². The average molecular weight is 527 g/mol. The predicted octanol–water partition coefficient (Wildman–Crippen LogP) is 3.44. The normalized spacial score (nSPS) is 19.7. The number of nitrogens with one attached hydrogen (secondary N) is 1. The number of fused-ring (bicyclic) bond motifs is 1. The van der Waals surface area contributed by atoms with Crippen molar-refractivity contribution >= 4 is 28.4 Å². The standard InChI is InChI=1S/C29H34N8O2/c1-2-18-11-22(38)3-4-25(18)35-29(31)24-14-33-37-15-19(12-27(37)28(24)34-21-7-10-39-17-21)23-13-32-8-5-26(23)36-9-6-20(30)16-36/h3-5,8,11-15,20-21,34,38H,2,6-7,9-10,16-17,30H2,1H3,(H2,31,35)/t20-,21-/m0/s1. The number of phenolic OH excluding ortho intramolecular Hbond substituents is 1. The summed E-state index contributed by atoms with van der Waals surface area (Å²) >= 11 is 0. The molecule has 5 heterocycles. The highest BCUT2D eigenvalue weighted by atomic mass is 16.5. The largest absolute Gasteiger partial charge is 0.508 e. The Morgan fingerprint density at radius 3 is 2.90 bits per heavy atom. The molecule has 1 aromatic carbocycles. The van der Waals surface area contributed by atoms with Crippen LogP contribution in [0.15, 0.2) is 60.1 Å². The van der Waals surface area contributed by atoms with E-state index < -0.39 is 0 Å². The van der Waals surface area contributed by atoms with E-state index in [-0.39, 0.29) is 17.8 Å². The molecule has 0 amide bonds. The third-order valence-electron chi connectivity index (χ3n) is 7.55. The Morgan fingerprint density at radius 1 is 1.23 bits per heavy atom. The number of anilines is 2. The van der Waals surface area contributed by atoms with Crippen LogP contribution in [0, 0.1) is 0 Å². The maximum Gasteiger partial charge on any atom is 0.135 e. The molecule has 6 N–H and O–H groups in total. The Kier molecular flexibility index (Phi) is 6.80. The van der Waals surface area contributed by atoms with Crippen molar-refractivity contribution in [2.75, 3.05) is 36.5 Å². The quantitative estimate of drug-likeness (QED) is 0.212. The van der Waals surface area contributed by atoms with E-state index in [0.717, 1.165) is 71.6 Å². The lowest BCUT2D eigenvalue weighted by atomic mass is 10.1. The van der Waals surface area contributed by atoms with E-state index in [9.17, 15) is 5.11 Å². The fourth-order valence-electron chi connectivity index (χ4n) is 5.45.